The molecule has 39 heavy (non-hydrogen) atoms. The van der Waals surface area contributed by atoms with E-state index in [0.717, 1.165) is 33.0 Å². The topological polar surface area (TPSA) is 89.5 Å². The van der Waals surface area contributed by atoms with E-state index in [1.165, 1.54) is 30.2 Å². The lowest BCUT2D eigenvalue weighted by molar-refractivity contribution is -0.119. The predicted molar refractivity (Wildman–Crippen MR) is 159 cm³/mol. The Kier molecular flexibility index (Phi) is 9.84. The summed E-state index contributed by atoms with van der Waals surface area (Å²) in [5.74, 6) is 1.07. The van der Waals surface area contributed by atoms with Crippen LogP contribution in [0.1, 0.15) is 55.6 Å². The lowest BCUT2D eigenvalue weighted by Gasteiger charge is -2.16. The van der Waals surface area contributed by atoms with E-state index in [1.807, 2.05) is 62.4 Å². The van der Waals surface area contributed by atoms with Crippen LogP contribution in [0.2, 0.25) is 0 Å². The molecular weight excluding hydrogens is 530 g/mol. The summed E-state index contributed by atoms with van der Waals surface area (Å²) in [5, 5.41) is 5.98. The van der Waals surface area contributed by atoms with Gasteiger partial charge in [0.05, 0.1) is 40.8 Å². The number of nitrogens with zero attached hydrogens (tertiary/aromatic N) is 1. The normalized spacial score (nSPS) is 12.5. The predicted octanol–water partition coefficient (Wildman–Crippen LogP) is 7.09. The van der Waals surface area contributed by atoms with E-state index < -0.39 is 0 Å². The van der Waals surface area contributed by atoms with Gasteiger partial charge in [0.1, 0.15) is 11.5 Å². The first kappa shape index (κ1) is 28.4. The minimum absolute atomic E-state index is 0.0475. The van der Waals surface area contributed by atoms with E-state index in [0.29, 0.717) is 22.7 Å². The summed E-state index contributed by atoms with van der Waals surface area (Å²) in [6, 6.07) is 20.6. The Morgan fingerprint density at radius 3 is 2.59 bits per heavy atom. The van der Waals surface area contributed by atoms with Crippen LogP contribution >= 0.6 is 23.1 Å². The van der Waals surface area contributed by atoms with Crippen LogP contribution in [0.15, 0.2) is 71.1 Å². The van der Waals surface area contributed by atoms with Crippen LogP contribution in [0.25, 0.3) is 10.2 Å². The van der Waals surface area contributed by atoms with Crippen molar-refractivity contribution < 1.29 is 19.1 Å². The molecular formula is C30H33N3O4S2. The Bertz CT molecular complexity index is 1420. The molecule has 1 aromatic heterocycles. The summed E-state index contributed by atoms with van der Waals surface area (Å²) in [7, 11) is 1.54. The summed E-state index contributed by atoms with van der Waals surface area (Å²) in [5.41, 5.74) is 2.96. The molecule has 2 N–H and O–H groups in total. The van der Waals surface area contributed by atoms with Crippen molar-refractivity contribution >= 4 is 50.8 Å². The number of hydrogen-bond acceptors (Lipinski definition) is 7. The van der Waals surface area contributed by atoms with Crippen molar-refractivity contribution in [2.45, 2.75) is 50.1 Å². The molecule has 0 saturated heterocycles. The summed E-state index contributed by atoms with van der Waals surface area (Å²) < 4.78 is 13.1. The summed E-state index contributed by atoms with van der Waals surface area (Å²) in [6.45, 7) is 6.11. The largest absolute Gasteiger partial charge is 0.496 e. The van der Waals surface area contributed by atoms with Gasteiger partial charge < -0.3 is 20.1 Å². The fraction of sp³-hybridized carbons (Fsp3) is 0.300. The third-order valence-corrected chi connectivity index (χ3v) is 8.24. The highest BCUT2D eigenvalue weighted by molar-refractivity contribution is 8.01. The van der Waals surface area contributed by atoms with Gasteiger partial charge in [-0.2, -0.15) is 0 Å². The van der Waals surface area contributed by atoms with Gasteiger partial charge in [-0.3, -0.25) is 9.59 Å². The van der Waals surface area contributed by atoms with E-state index in [2.05, 4.69) is 22.5 Å². The molecule has 2 atom stereocenters. The number of ether oxygens (including phenoxy) is 2. The van der Waals surface area contributed by atoms with Gasteiger partial charge in [0.25, 0.3) is 5.91 Å². The second-order valence-corrected chi connectivity index (χ2v) is 11.4. The first-order chi connectivity index (χ1) is 18.9. The Morgan fingerprint density at radius 1 is 1.05 bits per heavy atom. The maximum absolute atomic E-state index is 13.0. The molecule has 0 saturated carbocycles. The molecule has 3 aromatic carbocycles. The zero-order valence-corrected chi connectivity index (χ0v) is 24.2. The van der Waals surface area contributed by atoms with Crippen molar-refractivity contribution in [2.24, 2.45) is 0 Å². The molecule has 9 heteroatoms. The number of nitrogens with one attached hydrogen (secondary N) is 2. The number of thioether (sulfide) groups is 1. The molecule has 1 unspecified atom stereocenters. The van der Waals surface area contributed by atoms with Crippen LogP contribution in [0.3, 0.4) is 0 Å². The average Bonchev–Trinajstić information content (AvgIpc) is 3.34. The number of methoxy groups -OCH3 is 1. The number of thiazole rings is 1. The van der Waals surface area contributed by atoms with Crippen LogP contribution in [0, 0.1) is 0 Å². The molecule has 0 aliphatic rings. The zero-order valence-electron chi connectivity index (χ0n) is 22.5. The first-order valence-corrected chi connectivity index (χ1v) is 14.7. The van der Waals surface area contributed by atoms with Crippen LogP contribution in [0.5, 0.6) is 11.5 Å². The molecule has 204 valence electrons. The minimum atomic E-state index is -0.275. The molecule has 7 nitrogen and oxygen atoms in total. The average molecular weight is 564 g/mol. The molecule has 1 heterocycles. The van der Waals surface area contributed by atoms with Crippen molar-refractivity contribution in [3.8, 4) is 11.5 Å². The number of hydrogen-bond donors (Lipinski definition) is 2. The standard InChI is InChI=1S/C30H33N3O4S2/c1-5-9-19(2)37-23-13-14-24(26(17-23)36-4)29(35)32-22-12-15-25-27(16-22)39-30(33-25)38-18-28(34)31-20(3)21-10-7-6-8-11-21/h6-8,10-17,19-20H,5,9,18H2,1-4H3,(H,31,34)(H,32,35)/t19?,20-/m0/s1. The van der Waals surface area contributed by atoms with Crippen molar-refractivity contribution in [1.29, 1.82) is 0 Å². The molecule has 0 spiro atoms. The highest BCUT2D eigenvalue weighted by Gasteiger charge is 2.16. The van der Waals surface area contributed by atoms with Crippen molar-refractivity contribution in [2.75, 3.05) is 18.2 Å². The van der Waals surface area contributed by atoms with Crippen molar-refractivity contribution in [3.05, 3.63) is 77.9 Å². The van der Waals surface area contributed by atoms with Gasteiger partial charge in [0.2, 0.25) is 5.91 Å². The first-order valence-electron chi connectivity index (χ1n) is 12.9. The SMILES string of the molecule is CCCC(C)Oc1ccc(C(=O)Nc2ccc3nc(SCC(=O)N[C@@H](C)c4ccccc4)sc3c2)c(OC)c1. The van der Waals surface area contributed by atoms with E-state index in [4.69, 9.17) is 9.47 Å². The maximum Gasteiger partial charge on any atom is 0.259 e. The van der Waals surface area contributed by atoms with Crippen molar-refractivity contribution in [3.63, 3.8) is 0 Å². The highest BCUT2D eigenvalue weighted by Crippen LogP contribution is 2.32. The molecule has 0 bridgehead atoms. The number of carbonyl (C=O) groups excluding carboxylic acids is 2. The van der Waals surface area contributed by atoms with Gasteiger partial charge in [-0.25, -0.2) is 4.98 Å². The summed E-state index contributed by atoms with van der Waals surface area (Å²) in [4.78, 5) is 30.1. The third-order valence-electron chi connectivity index (χ3n) is 6.08. The fourth-order valence-corrected chi connectivity index (χ4v) is 6.03. The molecule has 4 aromatic rings. The van der Waals surface area contributed by atoms with Gasteiger partial charge in [-0.15, -0.1) is 11.3 Å². The maximum atomic E-state index is 13.0. The number of carbonyl (C=O) groups is 2. The lowest BCUT2D eigenvalue weighted by atomic mass is 10.1. The van der Waals surface area contributed by atoms with Gasteiger partial charge in [0.15, 0.2) is 4.34 Å². The molecule has 4 rings (SSSR count). The second-order valence-electron chi connectivity index (χ2n) is 9.18. The second kappa shape index (κ2) is 13.5. The molecule has 0 fully saturated rings. The molecule has 0 radical (unpaired) electrons. The fourth-order valence-electron chi connectivity index (χ4n) is 4.11. The summed E-state index contributed by atoms with van der Waals surface area (Å²) >= 11 is 2.89. The number of rotatable bonds is 12. The smallest absolute Gasteiger partial charge is 0.259 e. The number of anilines is 1. The Morgan fingerprint density at radius 2 is 1.85 bits per heavy atom. The third kappa shape index (κ3) is 7.74. The van der Waals surface area contributed by atoms with E-state index in [1.54, 1.807) is 18.2 Å². The van der Waals surface area contributed by atoms with E-state index in [-0.39, 0.29) is 29.7 Å². The molecule has 2 amide bonds. The minimum Gasteiger partial charge on any atom is -0.496 e. The number of fused-ring (bicyclic) bond motifs is 1. The Hall–Kier alpha value is -3.56. The molecule has 0 aliphatic heterocycles. The highest BCUT2D eigenvalue weighted by atomic mass is 32.2. The van der Waals surface area contributed by atoms with E-state index in [9.17, 15) is 9.59 Å². The van der Waals surface area contributed by atoms with Crippen LogP contribution in [-0.4, -0.2) is 35.8 Å². The van der Waals surface area contributed by atoms with Crippen LogP contribution in [0.4, 0.5) is 5.69 Å². The molecule has 0 aliphatic carbocycles. The number of benzene rings is 3. The van der Waals surface area contributed by atoms with Gasteiger partial charge in [0, 0.05) is 11.8 Å². The monoisotopic (exact) mass is 563 g/mol. The van der Waals surface area contributed by atoms with Gasteiger partial charge >= 0.3 is 0 Å². The van der Waals surface area contributed by atoms with Gasteiger partial charge in [-0.1, -0.05) is 55.4 Å². The Labute approximate surface area is 237 Å². The van der Waals surface area contributed by atoms with Crippen molar-refractivity contribution in [1.82, 2.24) is 10.3 Å². The number of amides is 2. The summed E-state index contributed by atoms with van der Waals surface area (Å²) in [6.07, 6.45) is 2.07. The van der Waals surface area contributed by atoms with Crippen LogP contribution in [-0.2, 0) is 4.79 Å². The zero-order chi connectivity index (χ0) is 27.8. The quantitative estimate of drug-likeness (QED) is 0.179. The lowest BCUT2D eigenvalue weighted by Crippen LogP contribution is -2.28. The van der Waals surface area contributed by atoms with Crippen LogP contribution < -0.4 is 20.1 Å². The Balaban J connectivity index is 1.37. The van der Waals surface area contributed by atoms with Gasteiger partial charge in [-0.05, 0) is 56.2 Å². The van der Waals surface area contributed by atoms with E-state index >= 15 is 0 Å². The number of aromatic nitrogens is 1.